The smallest absolute Gasteiger partial charge is 0.240 e. The summed E-state index contributed by atoms with van der Waals surface area (Å²) < 4.78 is 0. The van der Waals surface area contributed by atoms with E-state index in [0.717, 1.165) is 29.3 Å². The van der Waals surface area contributed by atoms with Crippen LogP contribution in [0.4, 0.5) is 5.82 Å². The van der Waals surface area contributed by atoms with Crippen molar-refractivity contribution >= 4 is 22.5 Å². The van der Waals surface area contributed by atoms with Crippen LogP contribution < -0.4 is 11.1 Å². The summed E-state index contributed by atoms with van der Waals surface area (Å²) in [5.41, 5.74) is 6.99. The molecule has 1 aliphatic rings. The molecule has 1 amide bonds. The van der Waals surface area contributed by atoms with Crippen LogP contribution >= 0.6 is 0 Å². The van der Waals surface area contributed by atoms with Crippen LogP contribution in [0.15, 0.2) is 30.5 Å². The molecule has 1 aromatic heterocycles. The van der Waals surface area contributed by atoms with Gasteiger partial charge in [-0.2, -0.15) is 0 Å². The van der Waals surface area contributed by atoms with Gasteiger partial charge in [-0.15, -0.1) is 0 Å². The fraction of sp³-hybridized carbons (Fsp3) is 0.333. The second-order valence-corrected chi connectivity index (χ2v) is 5.14. The summed E-state index contributed by atoms with van der Waals surface area (Å²) in [7, 11) is 1.83. The monoisotopic (exact) mass is 270 g/mol. The molecule has 20 heavy (non-hydrogen) atoms. The molecular weight excluding hydrogens is 252 g/mol. The molecule has 0 radical (unpaired) electrons. The van der Waals surface area contributed by atoms with Crippen molar-refractivity contribution in [1.29, 1.82) is 0 Å². The third-order valence-electron chi connectivity index (χ3n) is 3.88. The highest BCUT2D eigenvalue weighted by molar-refractivity contribution is 5.91. The Bertz CT molecular complexity index is 655. The number of nitrogens with two attached hydrogens (primary N) is 1. The third kappa shape index (κ3) is 2.20. The van der Waals surface area contributed by atoms with Crippen LogP contribution in [-0.2, 0) is 11.3 Å². The first-order chi connectivity index (χ1) is 9.69. The first-order valence-electron chi connectivity index (χ1n) is 6.78. The highest BCUT2D eigenvalue weighted by Crippen LogP contribution is 2.22. The highest BCUT2D eigenvalue weighted by Gasteiger charge is 2.29. The minimum absolute atomic E-state index is 0.0396. The number of benzene rings is 1. The number of aromatic nitrogens is 1. The summed E-state index contributed by atoms with van der Waals surface area (Å²) in [6, 6.07) is 7.99. The van der Waals surface area contributed by atoms with Gasteiger partial charge in [-0.25, -0.2) is 4.98 Å². The average molecular weight is 270 g/mol. The molecule has 1 fully saturated rings. The van der Waals surface area contributed by atoms with Gasteiger partial charge in [0.15, 0.2) is 0 Å². The van der Waals surface area contributed by atoms with Crippen LogP contribution in [0.1, 0.15) is 12.0 Å². The minimum atomic E-state index is -0.0396. The number of fused-ring (bicyclic) bond motifs is 1. The number of carbonyl (C=O) groups excluding carboxylic acids is 1. The van der Waals surface area contributed by atoms with Crippen LogP contribution in [-0.4, -0.2) is 35.4 Å². The molecular formula is C15H18N4O. The lowest BCUT2D eigenvalue weighted by molar-refractivity contribution is -0.129. The van der Waals surface area contributed by atoms with E-state index in [0.29, 0.717) is 12.4 Å². The predicted octanol–water partition coefficient (Wildman–Crippen LogP) is 1.14. The summed E-state index contributed by atoms with van der Waals surface area (Å²) in [6.45, 7) is 1.42. The van der Waals surface area contributed by atoms with Crippen LogP contribution in [0.5, 0.6) is 0 Å². The Labute approximate surface area is 117 Å². The van der Waals surface area contributed by atoms with Gasteiger partial charge in [0.25, 0.3) is 0 Å². The normalized spacial score (nSPS) is 18.9. The van der Waals surface area contributed by atoms with E-state index in [4.69, 9.17) is 5.73 Å². The van der Waals surface area contributed by atoms with Crippen molar-refractivity contribution in [1.82, 2.24) is 15.2 Å². The van der Waals surface area contributed by atoms with Crippen LogP contribution in [0, 0.1) is 0 Å². The van der Waals surface area contributed by atoms with Gasteiger partial charge in [-0.1, -0.05) is 12.1 Å². The number of nitrogens with one attached hydrogen (secondary N) is 1. The van der Waals surface area contributed by atoms with Crippen LogP contribution in [0.25, 0.3) is 10.8 Å². The van der Waals surface area contributed by atoms with Gasteiger partial charge in [-0.05, 0) is 36.6 Å². The highest BCUT2D eigenvalue weighted by atomic mass is 16.2. The largest absolute Gasteiger partial charge is 0.383 e. The number of nitrogens with zero attached hydrogens (tertiary/aromatic N) is 2. The number of nitrogen functional groups attached to an aromatic ring is 1. The maximum absolute atomic E-state index is 12.1. The number of hydrogen-bond donors (Lipinski definition) is 2. The number of likely N-dealkylation sites (tertiary alicyclic amines) is 1. The standard InChI is InChI=1S/C15H18N4O/c1-17-13-5-7-19(15(13)20)9-10-2-3-11-4-6-18-14(16)12(11)8-10/h2-4,6,8,13,17H,5,7,9H2,1H3,(H2,16,18)/t13-/m0/s1. The third-order valence-corrected chi connectivity index (χ3v) is 3.88. The quantitative estimate of drug-likeness (QED) is 0.877. The predicted molar refractivity (Wildman–Crippen MR) is 79.0 cm³/mol. The van der Waals surface area contributed by atoms with Gasteiger partial charge in [0.1, 0.15) is 5.82 Å². The Hall–Kier alpha value is -2.14. The summed E-state index contributed by atoms with van der Waals surface area (Å²) in [5, 5.41) is 5.06. The van der Waals surface area contributed by atoms with Crippen LogP contribution in [0.2, 0.25) is 0 Å². The van der Waals surface area contributed by atoms with Crippen molar-refractivity contribution < 1.29 is 4.79 Å². The number of anilines is 1. The Morgan fingerprint density at radius 3 is 3.05 bits per heavy atom. The van der Waals surface area contributed by atoms with Gasteiger partial charge in [-0.3, -0.25) is 4.79 Å². The second-order valence-electron chi connectivity index (χ2n) is 5.14. The van der Waals surface area contributed by atoms with Crippen molar-refractivity contribution in [3.05, 3.63) is 36.0 Å². The van der Waals surface area contributed by atoms with Gasteiger partial charge in [0, 0.05) is 24.7 Å². The van der Waals surface area contributed by atoms with E-state index in [2.05, 4.69) is 10.3 Å². The Morgan fingerprint density at radius 2 is 2.30 bits per heavy atom. The molecule has 1 aliphatic heterocycles. The van der Waals surface area contributed by atoms with Gasteiger partial charge < -0.3 is 16.0 Å². The van der Waals surface area contributed by atoms with Gasteiger partial charge in [0.2, 0.25) is 5.91 Å². The fourth-order valence-electron chi connectivity index (χ4n) is 2.72. The van der Waals surface area contributed by atoms with Crippen molar-refractivity contribution in [3.63, 3.8) is 0 Å². The summed E-state index contributed by atoms with van der Waals surface area (Å²) in [4.78, 5) is 18.1. The lowest BCUT2D eigenvalue weighted by atomic mass is 10.1. The van der Waals surface area contributed by atoms with E-state index < -0.39 is 0 Å². The molecule has 3 rings (SSSR count). The van der Waals surface area contributed by atoms with Crippen LogP contribution in [0.3, 0.4) is 0 Å². The van der Waals surface area contributed by atoms with Crippen molar-refractivity contribution in [2.24, 2.45) is 0 Å². The van der Waals surface area contributed by atoms with E-state index in [1.807, 2.05) is 36.2 Å². The lowest BCUT2D eigenvalue weighted by Crippen LogP contribution is -2.35. The van der Waals surface area contributed by atoms with E-state index in [9.17, 15) is 4.79 Å². The maximum Gasteiger partial charge on any atom is 0.240 e. The molecule has 0 spiro atoms. The molecule has 2 aromatic rings. The lowest BCUT2D eigenvalue weighted by Gasteiger charge is -2.17. The molecule has 0 saturated carbocycles. The van der Waals surface area contributed by atoms with Crippen molar-refractivity contribution in [2.45, 2.75) is 19.0 Å². The Morgan fingerprint density at radius 1 is 1.45 bits per heavy atom. The van der Waals surface area contributed by atoms with E-state index in [1.54, 1.807) is 6.20 Å². The summed E-state index contributed by atoms with van der Waals surface area (Å²) in [5.74, 6) is 0.706. The number of rotatable bonds is 3. The molecule has 104 valence electrons. The summed E-state index contributed by atoms with van der Waals surface area (Å²) in [6.07, 6.45) is 2.57. The van der Waals surface area contributed by atoms with E-state index >= 15 is 0 Å². The molecule has 1 aromatic carbocycles. The molecule has 5 nitrogen and oxygen atoms in total. The van der Waals surface area contributed by atoms with Gasteiger partial charge in [0.05, 0.1) is 6.04 Å². The number of likely N-dealkylation sites (N-methyl/N-ethyl adjacent to an activating group) is 1. The van der Waals surface area contributed by atoms with E-state index in [-0.39, 0.29) is 11.9 Å². The maximum atomic E-state index is 12.1. The molecule has 1 atom stereocenters. The molecule has 0 bridgehead atoms. The van der Waals surface area contributed by atoms with Gasteiger partial charge >= 0.3 is 0 Å². The zero-order valence-corrected chi connectivity index (χ0v) is 11.5. The van der Waals surface area contributed by atoms with Crippen molar-refractivity contribution in [3.8, 4) is 0 Å². The molecule has 0 unspecified atom stereocenters. The number of hydrogen-bond acceptors (Lipinski definition) is 4. The SMILES string of the molecule is CN[C@H]1CCN(Cc2ccc3ccnc(N)c3c2)C1=O. The summed E-state index contributed by atoms with van der Waals surface area (Å²) >= 11 is 0. The molecule has 0 aliphatic carbocycles. The Balaban J connectivity index is 1.85. The van der Waals surface area contributed by atoms with Crippen molar-refractivity contribution in [2.75, 3.05) is 19.3 Å². The van der Waals surface area contributed by atoms with E-state index in [1.165, 1.54) is 0 Å². The minimum Gasteiger partial charge on any atom is -0.383 e. The number of carbonyl (C=O) groups is 1. The Kier molecular flexibility index (Phi) is 3.28. The number of pyridine rings is 1. The second kappa shape index (κ2) is 5.09. The zero-order valence-electron chi connectivity index (χ0n) is 11.5. The molecule has 1 saturated heterocycles. The number of amides is 1. The molecule has 2 heterocycles. The fourth-order valence-corrected chi connectivity index (χ4v) is 2.72. The molecule has 3 N–H and O–H groups in total. The first kappa shape index (κ1) is 12.9. The first-order valence-corrected chi connectivity index (χ1v) is 6.78. The average Bonchev–Trinajstić information content (AvgIpc) is 2.80. The topological polar surface area (TPSA) is 71.2 Å². The zero-order chi connectivity index (χ0) is 14.1. The molecule has 5 heteroatoms.